The number of fused-ring (bicyclic) bond motifs is 1. The summed E-state index contributed by atoms with van der Waals surface area (Å²) >= 11 is 1.60. The second-order valence-electron chi connectivity index (χ2n) is 5.67. The lowest BCUT2D eigenvalue weighted by molar-refractivity contribution is -0.122. The molecule has 3 heteroatoms. The van der Waals surface area contributed by atoms with Crippen LogP contribution in [0.3, 0.4) is 0 Å². The van der Waals surface area contributed by atoms with Gasteiger partial charge in [0.2, 0.25) is 0 Å². The van der Waals surface area contributed by atoms with Crippen molar-refractivity contribution >= 4 is 27.3 Å². The quantitative estimate of drug-likeness (QED) is 0.714. The van der Waals surface area contributed by atoms with E-state index in [0.29, 0.717) is 6.42 Å². The zero-order valence-corrected chi connectivity index (χ0v) is 13.0. The van der Waals surface area contributed by atoms with Gasteiger partial charge < -0.3 is 0 Å². The number of hydrogen-bond donors (Lipinski definition) is 0. The highest BCUT2D eigenvalue weighted by Gasteiger charge is 2.29. The normalized spacial score (nSPS) is 11.7. The van der Waals surface area contributed by atoms with Gasteiger partial charge in [0.1, 0.15) is 10.8 Å². The van der Waals surface area contributed by atoms with Gasteiger partial charge in [0.15, 0.2) is 0 Å². The molecule has 2 aromatic carbocycles. The highest BCUT2D eigenvalue weighted by Crippen LogP contribution is 2.28. The number of aromatic nitrogens is 1. The van der Waals surface area contributed by atoms with E-state index in [0.717, 1.165) is 20.8 Å². The number of rotatable bonds is 4. The lowest BCUT2D eigenvalue weighted by atomic mass is 9.79. The maximum atomic E-state index is 12.7. The van der Waals surface area contributed by atoms with E-state index in [1.807, 2.05) is 68.4 Å². The van der Waals surface area contributed by atoms with Crippen LogP contribution in [0.25, 0.3) is 10.2 Å². The number of Topliss-reactive ketones (excluding diaryl/α,β-unsaturated/α-hetero) is 1. The van der Waals surface area contributed by atoms with Crippen molar-refractivity contribution in [2.45, 2.75) is 25.7 Å². The Hall–Kier alpha value is -2.00. The zero-order valence-electron chi connectivity index (χ0n) is 12.2. The van der Waals surface area contributed by atoms with E-state index < -0.39 is 5.41 Å². The number of nitrogens with zero attached hydrogens (tertiary/aromatic N) is 1. The monoisotopic (exact) mass is 295 g/mol. The maximum Gasteiger partial charge on any atom is 0.149 e. The van der Waals surface area contributed by atoms with Gasteiger partial charge in [0, 0.05) is 5.41 Å². The average molecular weight is 295 g/mol. The number of hydrogen-bond acceptors (Lipinski definition) is 3. The Labute approximate surface area is 128 Å². The molecule has 0 unspecified atom stereocenters. The fourth-order valence-corrected chi connectivity index (χ4v) is 3.34. The highest BCUT2D eigenvalue weighted by molar-refractivity contribution is 7.18. The molecule has 0 N–H and O–H groups in total. The first-order valence-electron chi connectivity index (χ1n) is 7.00. The Bertz CT molecular complexity index is 741. The summed E-state index contributed by atoms with van der Waals surface area (Å²) in [5.74, 6) is 0.202. The maximum absolute atomic E-state index is 12.7. The molecule has 0 spiro atoms. The smallest absolute Gasteiger partial charge is 0.149 e. The van der Waals surface area contributed by atoms with Crippen LogP contribution in [0.4, 0.5) is 0 Å². The number of carbonyl (C=O) groups excluding carboxylic acids is 1. The topological polar surface area (TPSA) is 30.0 Å². The third kappa shape index (κ3) is 2.74. The Morgan fingerprint density at radius 2 is 1.71 bits per heavy atom. The molecule has 21 heavy (non-hydrogen) atoms. The molecule has 0 atom stereocenters. The molecule has 0 bridgehead atoms. The molecule has 2 nitrogen and oxygen atoms in total. The summed E-state index contributed by atoms with van der Waals surface area (Å²) in [5.41, 5.74) is 1.54. The Kier molecular flexibility index (Phi) is 3.60. The molecule has 1 heterocycles. The van der Waals surface area contributed by atoms with Crippen LogP contribution in [0.15, 0.2) is 54.6 Å². The average Bonchev–Trinajstić information content (AvgIpc) is 2.90. The molecule has 0 fully saturated rings. The Morgan fingerprint density at radius 3 is 2.43 bits per heavy atom. The van der Waals surface area contributed by atoms with Gasteiger partial charge in [-0.05, 0) is 31.5 Å². The molecule has 3 aromatic rings. The fraction of sp³-hybridized carbons (Fsp3) is 0.222. The van der Waals surface area contributed by atoms with Crippen molar-refractivity contribution < 1.29 is 4.79 Å². The summed E-state index contributed by atoms with van der Waals surface area (Å²) in [4.78, 5) is 17.2. The van der Waals surface area contributed by atoms with Crippen LogP contribution in [-0.4, -0.2) is 10.8 Å². The lowest BCUT2D eigenvalue weighted by Gasteiger charge is -2.23. The number of para-hydroxylation sites is 1. The van der Waals surface area contributed by atoms with Gasteiger partial charge in [-0.3, -0.25) is 4.79 Å². The summed E-state index contributed by atoms with van der Waals surface area (Å²) in [6.45, 7) is 3.97. The number of thiazole rings is 1. The van der Waals surface area contributed by atoms with Gasteiger partial charge >= 0.3 is 0 Å². The fourth-order valence-electron chi connectivity index (χ4n) is 2.37. The van der Waals surface area contributed by atoms with Crippen molar-refractivity contribution in [3.63, 3.8) is 0 Å². The second-order valence-corrected chi connectivity index (χ2v) is 6.78. The molecule has 0 radical (unpaired) electrons. The molecule has 106 valence electrons. The van der Waals surface area contributed by atoms with E-state index in [4.69, 9.17) is 0 Å². The van der Waals surface area contributed by atoms with Crippen LogP contribution < -0.4 is 0 Å². The predicted molar refractivity (Wildman–Crippen MR) is 87.8 cm³/mol. The Balaban J connectivity index is 1.85. The molecule has 0 saturated carbocycles. The zero-order chi connectivity index (χ0) is 14.9. The van der Waals surface area contributed by atoms with E-state index in [1.54, 1.807) is 11.3 Å². The van der Waals surface area contributed by atoms with Crippen molar-refractivity contribution in [2.24, 2.45) is 0 Å². The van der Waals surface area contributed by atoms with Crippen LogP contribution in [0.5, 0.6) is 0 Å². The van der Waals surface area contributed by atoms with Gasteiger partial charge in [-0.15, -0.1) is 11.3 Å². The Morgan fingerprint density at radius 1 is 1.05 bits per heavy atom. The summed E-state index contributed by atoms with van der Waals surface area (Å²) in [7, 11) is 0. The van der Waals surface area contributed by atoms with Gasteiger partial charge in [0.05, 0.1) is 16.6 Å². The molecule has 0 aliphatic rings. The van der Waals surface area contributed by atoms with Crippen LogP contribution in [-0.2, 0) is 16.6 Å². The van der Waals surface area contributed by atoms with E-state index in [1.165, 1.54) is 0 Å². The van der Waals surface area contributed by atoms with Gasteiger partial charge in [0.25, 0.3) is 0 Å². The SMILES string of the molecule is CC(C)(C(=O)Cc1nc2ccccc2s1)c1ccccc1. The largest absolute Gasteiger partial charge is 0.298 e. The van der Waals surface area contributed by atoms with Crippen molar-refractivity contribution in [1.29, 1.82) is 0 Å². The molecule has 3 rings (SSSR count). The minimum atomic E-state index is -0.487. The number of benzene rings is 2. The first-order valence-corrected chi connectivity index (χ1v) is 7.82. The predicted octanol–water partition coefficient (Wildman–Crippen LogP) is 4.39. The van der Waals surface area contributed by atoms with E-state index >= 15 is 0 Å². The third-order valence-electron chi connectivity index (χ3n) is 3.84. The number of ketones is 1. The van der Waals surface area contributed by atoms with Gasteiger partial charge in [-0.2, -0.15) is 0 Å². The summed E-state index contributed by atoms with van der Waals surface area (Å²) in [6.07, 6.45) is 0.390. The van der Waals surface area contributed by atoms with Crippen molar-refractivity contribution in [3.05, 3.63) is 65.2 Å². The van der Waals surface area contributed by atoms with Gasteiger partial charge in [-0.1, -0.05) is 42.5 Å². The molecule has 0 amide bonds. The molecule has 1 aromatic heterocycles. The van der Waals surface area contributed by atoms with Crippen molar-refractivity contribution in [3.8, 4) is 0 Å². The van der Waals surface area contributed by atoms with Crippen molar-refractivity contribution in [2.75, 3.05) is 0 Å². The summed E-state index contributed by atoms with van der Waals surface area (Å²) in [6, 6.07) is 17.9. The van der Waals surface area contributed by atoms with Crippen LogP contribution in [0, 0.1) is 0 Å². The minimum Gasteiger partial charge on any atom is -0.298 e. The van der Waals surface area contributed by atoms with Crippen LogP contribution in [0.2, 0.25) is 0 Å². The standard InChI is InChI=1S/C18H17NOS/c1-18(2,13-8-4-3-5-9-13)16(20)12-17-19-14-10-6-7-11-15(14)21-17/h3-11H,12H2,1-2H3. The van der Waals surface area contributed by atoms with Gasteiger partial charge in [-0.25, -0.2) is 4.98 Å². The summed E-state index contributed by atoms with van der Waals surface area (Å²) < 4.78 is 1.14. The van der Waals surface area contributed by atoms with E-state index in [-0.39, 0.29) is 5.78 Å². The molecular weight excluding hydrogens is 278 g/mol. The molecule has 0 saturated heterocycles. The molecule has 0 aliphatic heterocycles. The van der Waals surface area contributed by atoms with Crippen LogP contribution in [0.1, 0.15) is 24.4 Å². The first kappa shape index (κ1) is 14.0. The lowest BCUT2D eigenvalue weighted by Crippen LogP contribution is -2.30. The number of carbonyl (C=O) groups is 1. The molecule has 0 aliphatic carbocycles. The van der Waals surface area contributed by atoms with E-state index in [2.05, 4.69) is 4.98 Å². The highest BCUT2D eigenvalue weighted by atomic mass is 32.1. The second kappa shape index (κ2) is 5.41. The minimum absolute atomic E-state index is 0.202. The third-order valence-corrected chi connectivity index (χ3v) is 4.88. The first-order chi connectivity index (χ1) is 10.1. The van der Waals surface area contributed by atoms with Crippen molar-refractivity contribution in [1.82, 2.24) is 4.98 Å². The molecular formula is C18H17NOS. The summed E-state index contributed by atoms with van der Waals surface area (Å²) in [5, 5.41) is 0.894. The van der Waals surface area contributed by atoms with E-state index in [9.17, 15) is 4.79 Å². The van der Waals surface area contributed by atoms with Crippen LogP contribution >= 0.6 is 11.3 Å².